The van der Waals surface area contributed by atoms with Crippen LogP contribution in [-0.4, -0.2) is 25.5 Å². The van der Waals surface area contributed by atoms with E-state index >= 15 is 0 Å². The maximum Gasteiger partial charge on any atom is 0.256 e. The molecule has 0 aliphatic rings. The Hall–Kier alpha value is -2.96. The summed E-state index contributed by atoms with van der Waals surface area (Å²) in [5, 5.41) is 10.9. The lowest BCUT2D eigenvalue weighted by Gasteiger charge is -2.12. The highest BCUT2D eigenvalue weighted by atomic mass is 19.1. The van der Waals surface area contributed by atoms with Crippen molar-refractivity contribution in [2.24, 2.45) is 0 Å². The van der Waals surface area contributed by atoms with E-state index in [1.807, 2.05) is 13.8 Å². The number of carbonyl (C=O) groups excluding carboxylic acids is 1. The fourth-order valence-corrected chi connectivity index (χ4v) is 2.26. The zero-order chi connectivity index (χ0) is 16.4. The Balaban J connectivity index is 1.83. The van der Waals surface area contributed by atoms with Gasteiger partial charge in [-0.05, 0) is 38.1 Å². The highest BCUT2D eigenvalue weighted by molar-refractivity contribution is 6.03. The van der Waals surface area contributed by atoms with Crippen molar-refractivity contribution in [2.45, 2.75) is 19.9 Å². The van der Waals surface area contributed by atoms with Gasteiger partial charge in [0.25, 0.3) is 5.91 Å². The molecular formula is C16H16FN5O. The number of amides is 1. The maximum atomic E-state index is 14.2. The third-order valence-electron chi connectivity index (χ3n) is 3.36. The summed E-state index contributed by atoms with van der Waals surface area (Å²) in [6.45, 7) is 3.92. The van der Waals surface area contributed by atoms with Gasteiger partial charge in [0.2, 0.25) is 0 Å². The number of nitrogens with zero attached hydrogens (tertiary/aromatic N) is 4. The molecule has 3 rings (SSSR count). The van der Waals surface area contributed by atoms with Crippen LogP contribution in [0.4, 0.5) is 10.2 Å². The molecule has 118 valence electrons. The zero-order valence-electron chi connectivity index (χ0n) is 12.8. The number of rotatable bonds is 4. The largest absolute Gasteiger partial charge is 0.307 e. The molecule has 0 aliphatic heterocycles. The van der Waals surface area contributed by atoms with Gasteiger partial charge in [-0.15, -0.1) is 0 Å². The Morgan fingerprint density at radius 2 is 2.04 bits per heavy atom. The molecule has 23 heavy (non-hydrogen) atoms. The first-order valence-electron chi connectivity index (χ1n) is 7.20. The van der Waals surface area contributed by atoms with Gasteiger partial charge in [-0.25, -0.2) is 13.8 Å². The predicted molar refractivity (Wildman–Crippen MR) is 84.1 cm³/mol. The van der Waals surface area contributed by atoms with E-state index < -0.39 is 11.7 Å². The van der Waals surface area contributed by atoms with Gasteiger partial charge in [0.1, 0.15) is 17.3 Å². The van der Waals surface area contributed by atoms with Gasteiger partial charge in [0.15, 0.2) is 0 Å². The molecule has 0 atom stereocenters. The number of anilines is 1. The smallest absolute Gasteiger partial charge is 0.256 e. The van der Waals surface area contributed by atoms with E-state index in [1.165, 1.54) is 16.8 Å². The van der Waals surface area contributed by atoms with Crippen molar-refractivity contribution in [2.75, 3.05) is 5.32 Å². The minimum absolute atomic E-state index is 0.110. The molecule has 7 heteroatoms. The fourth-order valence-electron chi connectivity index (χ4n) is 2.26. The molecule has 1 aromatic carbocycles. The first-order valence-corrected chi connectivity index (χ1v) is 7.20. The SMILES string of the molecule is CC(C)n1nccc1NC(=O)c1ccc(-n2cccn2)c(F)c1. The Kier molecular flexibility index (Phi) is 3.92. The Morgan fingerprint density at radius 1 is 1.22 bits per heavy atom. The van der Waals surface area contributed by atoms with E-state index in [9.17, 15) is 9.18 Å². The van der Waals surface area contributed by atoms with Crippen LogP contribution in [0.15, 0.2) is 48.9 Å². The number of aromatic nitrogens is 4. The number of carbonyl (C=O) groups is 1. The van der Waals surface area contributed by atoms with Crippen LogP contribution >= 0.6 is 0 Å². The second-order valence-corrected chi connectivity index (χ2v) is 5.33. The van der Waals surface area contributed by atoms with Crippen molar-refractivity contribution in [3.63, 3.8) is 0 Å². The van der Waals surface area contributed by atoms with Crippen LogP contribution in [-0.2, 0) is 0 Å². The summed E-state index contributed by atoms with van der Waals surface area (Å²) in [4.78, 5) is 12.3. The van der Waals surface area contributed by atoms with E-state index in [-0.39, 0.29) is 11.6 Å². The molecule has 0 saturated heterocycles. The van der Waals surface area contributed by atoms with Crippen LogP contribution in [0.1, 0.15) is 30.2 Å². The second kappa shape index (κ2) is 6.04. The summed E-state index contributed by atoms with van der Waals surface area (Å²) in [5.41, 5.74) is 0.522. The summed E-state index contributed by atoms with van der Waals surface area (Å²) >= 11 is 0. The van der Waals surface area contributed by atoms with Gasteiger partial charge in [0, 0.05) is 30.1 Å². The zero-order valence-corrected chi connectivity index (χ0v) is 12.8. The Bertz CT molecular complexity index is 823. The van der Waals surface area contributed by atoms with E-state index in [0.29, 0.717) is 11.5 Å². The summed E-state index contributed by atoms with van der Waals surface area (Å²) in [5.74, 6) is -0.335. The second-order valence-electron chi connectivity index (χ2n) is 5.33. The number of nitrogens with one attached hydrogen (secondary N) is 1. The Morgan fingerprint density at radius 3 is 2.70 bits per heavy atom. The van der Waals surface area contributed by atoms with Gasteiger partial charge in [0.05, 0.1) is 6.20 Å². The molecular weight excluding hydrogens is 297 g/mol. The summed E-state index contributed by atoms with van der Waals surface area (Å²) in [7, 11) is 0. The normalized spacial score (nSPS) is 11.0. The summed E-state index contributed by atoms with van der Waals surface area (Å²) in [6.07, 6.45) is 4.81. The van der Waals surface area contributed by atoms with E-state index in [1.54, 1.807) is 41.5 Å². The summed E-state index contributed by atoms with van der Waals surface area (Å²) < 4.78 is 17.3. The highest BCUT2D eigenvalue weighted by Gasteiger charge is 2.14. The number of benzene rings is 1. The topological polar surface area (TPSA) is 64.7 Å². The van der Waals surface area contributed by atoms with Crippen LogP contribution in [0.2, 0.25) is 0 Å². The molecule has 0 spiro atoms. The minimum atomic E-state index is -0.515. The average Bonchev–Trinajstić information content (AvgIpc) is 3.18. The molecule has 0 fully saturated rings. The predicted octanol–water partition coefficient (Wildman–Crippen LogP) is 3.04. The van der Waals surface area contributed by atoms with E-state index in [4.69, 9.17) is 0 Å². The molecule has 1 N–H and O–H groups in total. The van der Waals surface area contributed by atoms with Crippen LogP contribution in [0.25, 0.3) is 5.69 Å². The van der Waals surface area contributed by atoms with E-state index in [0.717, 1.165) is 0 Å². The molecule has 0 unspecified atom stereocenters. The molecule has 1 amide bonds. The summed E-state index contributed by atoms with van der Waals surface area (Å²) in [6, 6.07) is 7.80. The first-order chi connectivity index (χ1) is 11.1. The third kappa shape index (κ3) is 2.98. The van der Waals surface area contributed by atoms with Crippen molar-refractivity contribution < 1.29 is 9.18 Å². The van der Waals surface area contributed by atoms with Gasteiger partial charge >= 0.3 is 0 Å². The van der Waals surface area contributed by atoms with Gasteiger partial charge in [-0.2, -0.15) is 10.2 Å². The lowest BCUT2D eigenvalue weighted by molar-refractivity contribution is 0.102. The standard InChI is InChI=1S/C16H16FN5O/c1-11(2)22-15(6-8-19-22)20-16(23)12-4-5-14(13(17)10-12)21-9-3-7-18-21/h3-11H,1-2H3,(H,20,23). The molecule has 2 aromatic heterocycles. The van der Waals surface area contributed by atoms with Crippen molar-refractivity contribution >= 4 is 11.7 Å². The molecule has 0 aliphatic carbocycles. The monoisotopic (exact) mass is 313 g/mol. The van der Waals surface area contributed by atoms with Gasteiger partial charge in [-0.1, -0.05) is 0 Å². The quantitative estimate of drug-likeness (QED) is 0.805. The van der Waals surface area contributed by atoms with Gasteiger partial charge in [-0.3, -0.25) is 4.79 Å². The maximum absolute atomic E-state index is 14.2. The van der Waals surface area contributed by atoms with Crippen molar-refractivity contribution in [3.05, 3.63) is 60.3 Å². The Labute approximate surface area is 132 Å². The number of halogens is 1. The number of hydrogen-bond donors (Lipinski definition) is 1. The lowest BCUT2D eigenvalue weighted by Crippen LogP contribution is -2.17. The average molecular weight is 313 g/mol. The molecule has 3 aromatic rings. The van der Waals surface area contributed by atoms with Crippen molar-refractivity contribution in [1.29, 1.82) is 0 Å². The van der Waals surface area contributed by atoms with Gasteiger partial charge < -0.3 is 5.32 Å². The molecule has 2 heterocycles. The third-order valence-corrected chi connectivity index (χ3v) is 3.36. The van der Waals surface area contributed by atoms with Crippen molar-refractivity contribution in [1.82, 2.24) is 19.6 Å². The van der Waals surface area contributed by atoms with Crippen LogP contribution in [0.3, 0.4) is 0 Å². The fraction of sp³-hybridized carbons (Fsp3) is 0.188. The highest BCUT2D eigenvalue weighted by Crippen LogP contribution is 2.17. The number of hydrogen-bond acceptors (Lipinski definition) is 3. The molecule has 0 radical (unpaired) electrons. The lowest BCUT2D eigenvalue weighted by atomic mass is 10.2. The minimum Gasteiger partial charge on any atom is -0.307 e. The first kappa shape index (κ1) is 15.0. The molecule has 0 bridgehead atoms. The molecule has 6 nitrogen and oxygen atoms in total. The van der Waals surface area contributed by atoms with Crippen LogP contribution in [0.5, 0.6) is 0 Å². The van der Waals surface area contributed by atoms with Crippen LogP contribution in [0, 0.1) is 5.82 Å². The van der Waals surface area contributed by atoms with Crippen LogP contribution < -0.4 is 5.32 Å². The molecule has 0 saturated carbocycles. The van der Waals surface area contributed by atoms with E-state index in [2.05, 4.69) is 15.5 Å². The van der Waals surface area contributed by atoms with Crippen molar-refractivity contribution in [3.8, 4) is 5.69 Å².